The van der Waals surface area contributed by atoms with Crippen LogP contribution in [0, 0.1) is 6.92 Å². The molecule has 0 amide bonds. The van der Waals surface area contributed by atoms with Gasteiger partial charge in [-0.25, -0.2) is 0 Å². The van der Waals surface area contributed by atoms with Gasteiger partial charge in [-0.15, -0.1) is 0 Å². The van der Waals surface area contributed by atoms with Crippen LogP contribution in [0.3, 0.4) is 0 Å². The molecule has 0 N–H and O–H groups in total. The minimum absolute atomic E-state index is 0.878. The molecular formula is C25H24O4. The predicted octanol–water partition coefficient (Wildman–Crippen LogP) is 6.68. The Bertz CT molecular complexity index is 1140. The number of benzene rings is 3. The molecule has 0 aliphatic carbocycles. The molecule has 0 saturated heterocycles. The van der Waals surface area contributed by atoms with Crippen molar-refractivity contribution in [1.82, 2.24) is 0 Å². The van der Waals surface area contributed by atoms with Crippen molar-refractivity contribution in [2.45, 2.75) is 33.6 Å². The highest BCUT2D eigenvalue weighted by Crippen LogP contribution is 2.59. The largest absolute Gasteiger partial charge is 0.496 e. The summed E-state index contributed by atoms with van der Waals surface area (Å²) in [6, 6.07) is 10.7. The lowest BCUT2D eigenvalue weighted by molar-refractivity contribution is 0.411. The van der Waals surface area contributed by atoms with Crippen molar-refractivity contribution in [2.75, 3.05) is 14.2 Å². The molecule has 0 unspecified atom stereocenters. The molecule has 2 aliphatic rings. The summed E-state index contributed by atoms with van der Waals surface area (Å²) in [5.41, 5.74) is 7.83. The number of methoxy groups -OCH3 is 2. The van der Waals surface area contributed by atoms with Crippen LogP contribution in [-0.2, 0) is 12.8 Å². The molecule has 4 heteroatoms. The van der Waals surface area contributed by atoms with Crippen LogP contribution in [0.2, 0.25) is 0 Å². The Kier molecular flexibility index (Phi) is 3.98. The van der Waals surface area contributed by atoms with Gasteiger partial charge in [0, 0.05) is 27.8 Å². The fourth-order valence-electron chi connectivity index (χ4n) is 4.40. The van der Waals surface area contributed by atoms with Crippen molar-refractivity contribution in [1.29, 1.82) is 0 Å². The summed E-state index contributed by atoms with van der Waals surface area (Å²) < 4.78 is 22.9. The summed E-state index contributed by atoms with van der Waals surface area (Å²) in [7, 11) is 3.45. The van der Waals surface area contributed by atoms with Crippen LogP contribution in [0.15, 0.2) is 30.3 Å². The Hall–Kier alpha value is -3.14. The zero-order valence-corrected chi connectivity index (χ0v) is 17.4. The molecule has 3 aromatic rings. The minimum Gasteiger partial charge on any atom is -0.496 e. The normalized spacial score (nSPS) is 12.4. The second-order valence-corrected chi connectivity index (χ2v) is 7.42. The van der Waals surface area contributed by atoms with E-state index in [2.05, 4.69) is 51.1 Å². The second kappa shape index (κ2) is 6.45. The van der Waals surface area contributed by atoms with Crippen LogP contribution in [-0.4, -0.2) is 14.2 Å². The zero-order valence-electron chi connectivity index (χ0n) is 17.4. The van der Waals surface area contributed by atoms with E-state index in [1.165, 1.54) is 5.56 Å². The lowest BCUT2D eigenvalue weighted by Crippen LogP contribution is -1.95. The molecule has 3 aromatic carbocycles. The zero-order chi connectivity index (χ0) is 20.3. The Morgan fingerprint density at radius 2 is 1.41 bits per heavy atom. The lowest BCUT2D eigenvalue weighted by atomic mass is 9.92. The van der Waals surface area contributed by atoms with E-state index in [4.69, 9.17) is 18.9 Å². The Morgan fingerprint density at radius 1 is 0.759 bits per heavy atom. The van der Waals surface area contributed by atoms with E-state index in [0.717, 1.165) is 80.7 Å². The first-order chi connectivity index (χ1) is 14.1. The van der Waals surface area contributed by atoms with Gasteiger partial charge in [0.1, 0.15) is 11.5 Å². The van der Waals surface area contributed by atoms with Gasteiger partial charge in [-0.05, 0) is 37.0 Å². The highest BCUT2D eigenvalue weighted by atomic mass is 16.6. The van der Waals surface area contributed by atoms with Crippen molar-refractivity contribution in [3.8, 4) is 56.8 Å². The molecule has 0 fully saturated rings. The average Bonchev–Trinajstić information content (AvgIpc) is 3.66. The Morgan fingerprint density at radius 3 is 2.03 bits per heavy atom. The van der Waals surface area contributed by atoms with Crippen LogP contribution in [0.4, 0.5) is 0 Å². The van der Waals surface area contributed by atoms with Crippen molar-refractivity contribution < 1.29 is 18.9 Å². The quantitative estimate of drug-likeness (QED) is 0.304. The molecule has 4 nitrogen and oxygen atoms in total. The van der Waals surface area contributed by atoms with E-state index in [-0.39, 0.29) is 0 Å². The van der Waals surface area contributed by atoms with Crippen LogP contribution in [0.1, 0.15) is 30.5 Å². The van der Waals surface area contributed by atoms with Gasteiger partial charge in [0.2, 0.25) is 0 Å². The molecule has 0 radical (unpaired) electrons. The molecule has 0 aromatic heterocycles. The van der Waals surface area contributed by atoms with E-state index < -0.39 is 0 Å². The first-order valence-electron chi connectivity index (χ1n) is 10.1. The van der Waals surface area contributed by atoms with Gasteiger partial charge in [0.05, 0.1) is 14.2 Å². The smallest absolute Gasteiger partial charge is 0.177 e. The third-order valence-corrected chi connectivity index (χ3v) is 5.92. The van der Waals surface area contributed by atoms with E-state index in [9.17, 15) is 0 Å². The molecule has 0 saturated carbocycles. The molecule has 0 spiro atoms. The average molecular weight is 388 g/mol. The first kappa shape index (κ1) is 17.9. The maximum Gasteiger partial charge on any atom is 0.177 e. The summed E-state index contributed by atoms with van der Waals surface area (Å²) in [5.74, 6) is 5.72. The fraction of sp³-hybridized carbons (Fsp3) is 0.280. The van der Waals surface area contributed by atoms with Crippen LogP contribution < -0.4 is 18.9 Å². The summed E-state index contributed by atoms with van der Waals surface area (Å²) in [5, 5.41) is 0. The Balaban J connectivity index is 1.62. The summed E-state index contributed by atoms with van der Waals surface area (Å²) in [6.45, 7) is 6.33. The van der Waals surface area contributed by atoms with Gasteiger partial charge in [0.25, 0.3) is 0 Å². The second-order valence-electron chi connectivity index (χ2n) is 7.42. The van der Waals surface area contributed by atoms with Crippen LogP contribution in [0.5, 0.6) is 34.5 Å². The molecule has 0 atom stereocenters. The molecule has 2 aliphatic heterocycles. The number of ether oxygens (including phenoxy) is 4. The summed E-state index contributed by atoms with van der Waals surface area (Å²) in [4.78, 5) is 0. The third kappa shape index (κ3) is 2.59. The van der Waals surface area contributed by atoms with Crippen molar-refractivity contribution >= 4 is 0 Å². The van der Waals surface area contributed by atoms with Gasteiger partial charge in [-0.2, -0.15) is 0 Å². The molecule has 5 rings (SSSR count). The highest BCUT2D eigenvalue weighted by Gasteiger charge is 2.34. The van der Waals surface area contributed by atoms with Gasteiger partial charge in [-0.3, -0.25) is 0 Å². The van der Waals surface area contributed by atoms with Crippen LogP contribution in [0.25, 0.3) is 22.3 Å². The summed E-state index contributed by atoms with van der Waals surface area (Å²) >= 11 is 0. The molecule has 29 heavy (non-hydrogen) atoms. The Labute approximate surface area is 171 Å². The topological polar surface area (TPSA) is 43.5 Å². The van der Waals surface area contributed by atoms with Gasteiger partial charge in [0.15, 0.2) is 23.0 Å². The van der Waals surface area contributed by atoms with E-state index in [1.54, 1.807) is 14.2 Å². The fourth-order valence-corrected chi connectivity index (χ4v) is 4.40. The van der Waals surface area contributed by atoms with E-state index in [0.29, 0.717) is 0 Å². The highest BCUT2D eigenvalue weighted by molar-refractivity contribution is 5.87. The van der Waals surface area contributed by atoms with Crippen molar-refractivity contribution in [3.63, 3.8) is 0 Å². The number of rotatable bonds is 6. The maximum atomic E-state index is 5.77. The van der Waals surface area contributed by atoms with E-state index in [1.807, 2.05) is 0 Å². The lowest BCUT2D eigenvalue weighted by Gasteiger charge is -2.15. The van der Waals surface area contributed by atoms with Crippen molar-refractivity contribution in [3.05, 3.63) is 47.0 Å². The molecule has 2 heterocycles. The van der Waals surface area contributed by atoms with Gasteiger partial charge < -0.3 is 18.9 Å². The first-order valence-corrected chi connectivity index (χ1v) is 10.1. The van der Waals surface area contributed by atoms with Crippen LogP contribution >= 0.6 is 0 Å². The SMILES string of the molecule is CCc1c2c(cc(-c3ccc(-c4c(CC)c5c(c(C)c4OC)O5)cc3)c1OC)O2. The maximum absolute atomic E-state index is 5.77. The molecule has 0 bridgehead atoms. The number of hydrogen-bond donors (Lipinski definition) is 0. The van der Waals surface area contributed by atoms with E-state index >= 15 is 0 Å². The van der Waals surface area contributed by atoms with Gasteiger partial charge in [-0.1, -0.05) is 38.1 Å². The number of hydrogen-bond acceptors (Lipinski definition) is 4. The standard InChI is InChI=1S/C25H24O4/c1-6-16-20(21(26-4)13(3)22-25(16)29-22)15-10-8-14(9-11-15)18-12-19-24(28-19)17(7-2)23(18)27-5/h8-12H,6-7H2,1-5H3. The minimum atomic E-state index is 0.878. The third-order valence-electron chi connectivity index (χ3n) is 5.92. The predicted molar refractivity (Wildman–Crippen MR) is 114 cm³/mol. The monoisotopic (exact) mass is 388 g/mol. The molecule has 148 valence electrons. The van der Waals surface area contributed by atoms with Crippen molar-refractivity contribution in [2.24, 2.45) is 0 Å². The summed E-state index contributed by atoms with van der Waals surface area (Å²) in [6.07, 6.45) is 1.77. The van der Waals surface area contributed by atoms with Gasteiger partial charge >= 0.3 is 0 Å². The molecular weight excluding hydrogens is 364 g/mol. The number of fused-ring (bicyclic) bond motifs is 2.